The molecule has 1 aromatic carbocycles. The quantitative estimate of drug-likeness (QED) is 0.556. The zero-order chi connectivity index (χ0) is 19.8. The molecule has 0 aliphatic rings. The van der Waals surface area contributed by atoms with Gasteiger partial charge in [-0.2, -0.15) is 0 Å². The molecule has 0 fully saturated rings. The molecule has 1 atom stereocenters. The summed E-state index contributed by atoms with van der Waals surface area (Å²) in [5, 5.41) is 3.32. The maximum absolute atomic E-state index is 12.1. The van der Waals surface area contributed by atoms with E-state index in [9.17, 15) is 19.2 Å². The molecule has 0 aliphatic carbocycles. The molecule has 0 saturated carbocycles. The number of hydrogen-bond donors (Lipinski definition) is 1. The van der Waals surface area contributed by atoms with Crippen molar-refractivity contribution in [2.75, 3.05) is 13.7 Å². The molecule has 1 heterocycles. The van der Waals surface area contributed by atoms with E-state index < -0.39 is 29.6 Å². The number of benzene rings is 1. The number of thiophene rings is 1. The monoisotopic (exact) mass is 407 g/mol. The first kappa shape index (κ1) is 20.7. The number of esters is 2. The third-order valence-corrected chi connectivity index (χ3v) is 5.30. The van der Waals surface area contributed by atoms with Gasteiger partial charge in [0.15, 0.2) is 0 Å². The van der Waals surface area contributed by atoms with Crippen LogP contribution in [0.15, 0.2) is 41.8 Å². The van der Waals surface area contributed by atoms with Crippen molar-refractivity contribution in [1.82, 2.24) is 5.32 Å². The van der Waals surface area contributed by atoms with Gasteiger partial charge in [0, 0.05) is 0 Å². The highest BCUT2D eigenvalue weighted by molar-refractivity contribution is 8.15. The second-order valence-electron chi connectivity index (χ2n) is 5.20. The van der Waals surface area contributed by atoms with Gasteiger partial charge in [-0.3, -0.25) is 9.59 Å². The van der Waals surface area contributed by atoms with Gasteiger partial charge in [0.25, 0.3) is 0 Å². The lowest BCUT2D eigenvalue weighted by Crippen LogP contribution is -2.37. The molecule has 1 amide bonds. The van der Waals surface area contributed by atoms with Crippen molar-refractivity contribution >= 4 is 46.1 Å². The zero-order valence-corrected chi connectivity index (χ0v) is 16.2. The fourth-order valence-electron chi connectivity index (χ4n) is 1.96. The standard InChI is InChI=1S/C18H17NO6S2/c1-11(27-18(23)14-8-5-9-26-14)16(21)19-10-15(20)25-13-7-4-3-6-12(13)17(22)24-2/h3-9,11H,10H2,1-2H3,(H,19,21). The van der Waals surface area contributed by atoms with Crippen LogP contribution in [0.5, 0.6) is 5.75 Å². The van der Waals surface area contributed by atoms with Gasteiger partial charge >= 0.3 is 11.9 Å². The van der Waals surface area contributed by atoms with Crippen molar-refractivity contribution in [2.24, 2.45) is 0 Å². The van der Waals surface area contributed by atoms with Gasteiger partial charge < -0.3 is 14.8 Å². The molecular formula is C18H17NO6S2. The number of carbonyl (C=O) groups excluding carboxylic acids is 4. The maximum atomic E-state index is 12.1. The van der Waals surface area contributed by atoms with Gasteiger partial charge in [0.2, 0.25) is 11.0 Å². The van der Waals surface area contributed by atoms with Crippen LogP contribution in [0.3, 0.4) is 0 Å². The van der Waals surface area contributed by atoms with E-state index in [0.717, 1.165) is 11.8 Å². The molecular weight excluding hydrogens is 390 g/mol. The SMILES string of the molecule is COC(=O)c1ccccc1OC(=O)CNC(=O)C(C)SC(=O)c1cccs1. The van der Waals surface area contributed by atoms with Crippen molar-refractivity contribution < 1.29 is 28.7 Å². The highest BCUT2D eigenvalue weighted by Crippen LogP contribution is 2.21. The molecule has 0 spiro atoms. The van der Waals surface area contributed by atoms with Crippen molar-refractivity contribution in [3.05, 3.63) is 52.2 Å². The molecule has 2 rings (SSSR count). The van der Waals surface area contributed by atoms with Crippen LogP contribution in [0, 0.1) is 0 Å². The van der Waals surface area contributed by atoms with Gasteiger partial charge in [0.1, 0.15) is 17.9 Å². The Morgan fingerprint density at radius 3 is 2.56 bits per heavy atom. The molecule has 0 bridgehead atoms. The minimum atomic E-state index is -0.749. The van der Waals surface area contributed by atoms with Gasteiger partial charge in [-0.15, -0.1) is 11.3 Å². The molecule has 7 nitrogen and oxygen atoms in total. The van der Waals surface area contributed by atoms with Crippen LogP contribution in [-0.2, 0) is 14.3 Å². The molecule has 0 aliphatic heterocycles. The van der Waals surface area contributed by atoms with Crippen LogP contribution >= 0.6 is 23.1 Å². The van der Waals surface area contributed by atoms with E-state index in [2.05, 4.69) is 10.1 Å². The number of amides is 1. The van der Waals surface area contributed by atoms with Crippen molar-refractivity contribution in [1.29, 1.82) is 0 Å². The Hall–Kier alpha value is -2.65. The fourth-order valence-corrected chi connectivity index (χ4v) is 3.50. The molecule has 0 saturated heterocycles. The van der Waals surface area contributed by atoms with Gasteiger partial charge in [-0.1, -0.05) is 30.0 Å². The normalized spacial score (nSPS) is 11.3. The Morgan fingerprint density at radius 1 is 1.15 bits per heavy atom. The summed E-state index contributed by atoms with van der Waals surface area (Å²) in [4.78, 5) is 48.2. The van der Waals surface area contributed by atoms with E-state index in [1.54, 1.807) is 36.6 Å². The summed E-state index contributed by atoms with van der Waals surface area (Å²) >= 11 is 2.17. The van der Waals surface area contributed by atoms with E-state index in [1.807, 2.05) is 0 Å². The van der Waals surface area contributed by atoms with Gasteiger partial charge in [0.05, 0.1) is 17.2 Å². The third kappa shape index (κ3) is 5.93. The molecule has 0 radical (unpaired) electrons. The van der Waals surface area contributed by atoms with Crippen LogP contribution in [0.1, 0.15) is 27.0 Å². The minimum Gasteiger partial charge on any atom is -0.465 e. The number of carbonyl (C=O) groups is 4. The molecule has 1 unspecified atom stereocenters. The predicted octanol–water partition coefficient (Wildman–Crippen LogP) is 2.52. The van der Waals surface area contributed by atoms with E-state index >= 15 is 0 Å². The second-order valence-corrected chi connectivity index (χ2v) is 7.47. The highest BCUT2D eigenvalue weighted by Gasteiger charge is 2.21. The number of para-hydroxylation sites is 1. The Labute approximate surface area is 164 Å². The smallest absolute Gasteiger partial charge is 0.341 e. The lowest BCUT2D eigenvalue weighted by atomic mass is 10.2. The first-order chi connectivity index (χ1) is 12.9. The predicted molar refractivity (Wildman–Crippen MR) is 102 cm³/mol. The van der Waals surface area contributed by atoms with Crippen molar-refractivity contribution in [2.45, 2.75) is 12.2 Å². The maximum Gasteiger partial charge on any atom is 0.341 e. The Bertz CT molecular complexity index is 834. The largest absolute Gasteiger partial charge is 0.465 e. The molecule has 9 heteroatoms. The number of hydrogen-bond acceptors (Lipinski definition) is 8. The average molecular weight is 407 g/mol. The van der Waals surface area contributed by atoms with Crippen LogP contribution in [0.2, 0.25) is 0 Å². The number of nitrogens with one attached hydrogen (secondary N) is 1. The molecule has 1 N–H and O–H groups in total. The van der Waals surface area contributed by atoms with Crippen LogP contribution < -0.4 is 10.1 Å². The summed E-state index contributed by atoms with van der Waals surface area (Å²) in [6.45, 7) is 1.18. The fraction of sp³-hybridized carbons (Fsp3) is 0.222. The number of rotatable bonds is 7. The topological polar surface area (TPSA) is 98.8 Å². The molecule has 27 heavy (non-hydrogen) atoms. The van der Waals surface area contributed by atoms with Crippen molar-refractivity contribution in [3.63, 3.8) is 0 Å². The summed E-state index contributed by atoms with van der Waals surface area (Å²) in [6, 6.07) is 9.55. The van der Waals surface area contributed by atoms with E-state index in [0.29, 0.717) is 4.88 Å². The summed E-state index contributed by atoms with van der Waals surface area (Å²) in [7, 11) is 1.22. The first-order valence-corrected chi connectivity index (χ1v) is 9.58. The van der Waals surface area contributed by atoms with Crippen LogP contribution in [0.4, 0.5) is 0 Å². The summed E-state index contributed by atoms with van der Waals surface area (Å²) in [5.74, 6) is -1.82. The zero-order valence-electron chi connectivity index (χ0n) is 14.6. The van der Waals surface area contributed by atoms with Crippen LogP contribution in [0.25, 0.3) is 0 Å². The number of ether oxygens (including phenoxy) is 2. The molecule has 2 aromatic rings. The number of methoxy groups -OCH3 is 1. The second kappa shape index (κ2) is 9.89. The summed E-state index contributed by atoms with van der Waals surface area (Å²) < 4.78 is 9.73. The Morgan fingerprint density at radius 2 is 1.89 bits per heavy atom. The van der Waals surface area contributed by atoms with Crippen LogP contribution in [-0.4, -0.2) is 41.9 Å². The summed E-state index contributed by atoms with van der Waals surface area (Å²) in [6.07, 6.45) is 0. The van der Waals surface area contributed by atoms with Gasteiger partial charge in [-0.05, 0) is 30.5 Å². The van der Waals surface area contributed by atoms with E-state index in [4.69, 9.17) is 4.74 Å². The summed E-state index contributed by atoms with van der Waals surface area (Å²) in [5.41, 5.74) is 0.102. The third-order valence-electron chi connectivity index (χ3n) is 3.30. The van der Waals surface area contributed by atoms with Crippen molar-refractivity contribution in [3.8, 4) is 5.75 Å². The van der Waals surface area contributed by atoms with Gasteiger partial charge in [-0.25, -0.2) is 9.59 Å². The Kier molecular flexibility index (Phi) is 7.56. The van der Waals surface area contributed by atoms with E-state index in [-0.39, 0.29) is 16.4 Å². The molecule has 1 aromatic heterocycles. The average Bonchev–Trinajstić information content (AvgIpc) is 3.20. The lowest BCUT2D eigenvalue weighted by Gasteiger charge is -2.11. The number of thioether (sulfide) groups is 1. The lowest BCUT2D eigenvalue weighted by molar-refractivity contribution is -0.135. The Balaban J connectivity index is 1.85. The van der Waals surface area contributed by atoms with E-state index in [1.165, 1.54) is 30.6 Å². The first-order valence-electron chi connectivity index (χ1n) is 7.82. The molecule has 142 valence electrons. The minimum absolute atomic E-state index is 0.0406. The highest BCUT2D eigenvalue weighted by atomic mass is 32.2.